The van der Waals surface area contributed by atoms with E-state index in [0.717, 1.165) is 31.4 Å². The molecule has 1 fully saturated rings. The lowest BCUT2D eigenvalue weighted by Gasteiger charge is -2.29. The van der Waals surface area contributed by atoms with E-state index in [-0.39, 0.29) is 24.3 Å². The molecule has 0 aliphatic heterocycles. The van der Waals surface area contributed by atoms with Gasteiger partial charge in [0.05, 0.1) is 0 Å². The molecule has 21 heavy (non-hydrogen) atoms. The summed E-state index contributed by atoms with van der Waals surface area (Å²) in [5.41, 5.74) is 6.51. The van der Waals surface area contributed by atoms with Crippen molar-refractivity contribution in [1.82, 2.24) is 0 Å². The fourth-order valence-electron chi connectivity index (χ4n) is 2.82. The van der Waals surface area contributed by atoms with E-state index in [0.29, 0.717) is 12.3 Å². The van der Waals surface area contributed by atoms with Gasteiger partial charge in [0.1, 0.15) is 11.8 Å². The number of nitrogens with zero attached hydrogens (tertiary/aromatic N) is 1. The van der Waals surface area contributed by atoms with Crippen LogP contribution < -0.4 is 15.8 Å². The summed E-state index contributed by atoms with van der Waals surface area (Å²) in [4.78, 5) is 12.4. The van der Waals surface area contributed by atoms with Crippen LogP contribution in [0.4, 0.5) is 5.69 Å². The van der Waals surface area contributed by atoms with Crippen LogP contribution >= 0.6 is 0 Å². The molecule has 1 aromatic carbocycles. The lowest BCUT2D eigenvalue weighted by Crippen LogP contribution is -2.35. The number of rotatable bonds is 5. The monoisotopic (exact) mass is 287 g/mol. The number of hydrogen-bond donors (Lipinski definition) is 2. The van der Waals surface area contributed by atoms with E-state index in [2.05, 4.69) is 5.32 Å². The van der Waals surface area contributed by atoms with Crippen molar-refractivity contribution in [2.75, 3.05) is 18.5 Å². The van der Waals surface area contributed by atoms with E-state index in [1.165, 1.54) is 0 Å². The van der Waals surface area contributed by atoms with Crippen molar-refractivity contribution < 1.29 is 9.53 Å². The molecule has 2 atom stereocenters. The Labute approximate surface area is 125 Å². The first-order chi connectivity index (χ1) is 10.2. The molecule has 1 aliphatic carbocycles. The van der Waals surface area contributed by atoms with E-state index in [9.17, 15) is 4.79 Å². The summed E-state index contributed by atoms with van der Waals surface area (Å²) in [6.07, 6.45) is 4.21. The largest absolute Gasteiger partial charge is 0.479 e. The first-order valence-corrected chi connectivity index (χ1v) is 7.35. The topological polar surface area (TPSA) is 88.1 Å². The summed E-state index contributed by atoms with van der Waals surface area (Å²) in [7, 11) is 0. The third-order valence-corrected chi connectivity index (χ3v) is 3.97. The molecule has 2 rings (SSSR count). The lowest BCUT2D eigenvalue weighted by molar-refractivity contribution is -0.122. The number of amides is 1. The maximum atomic E-state index is 12.4. The molecule has 0 spiro atoms. The van der Waals surface area contributed by atoms with Gasteiger partial charge < -0.3 is 15.8 Å². The number of nitriles is 1. The van der Waals surface area contributed by atoms with Crippen LogP contribution in [0.3, 0.4) is 0 Å². The van der Waals surface area contributed by atoms with E-state index in [1.54, 1.807) is 24.3 Å². The Morgan fingerprint density at radius 3 is 2.71 bits per heavy atom. The van der Waals surface area contributed by atoms with E-state index >= 15 is 0 Å². The first-order valence-electron chi connectivity index (χ1n) is 7.35. The van der Waals surface area contributed by atoms with Gasteiger partial charge in [0.15, 0.2) is 6.61 Å². The maximum Gasteiger partial charge on any atom is 0.227 e. The number of hydrogen-bond acceptors (Lipinski definition) is 4. The molecule has 2 unspecified atom stereocenters. The van der Waals surface area contributed by atoms with Crippen molar-refractivity contribution in [2.45, 2.75) is 25.7 Å². The Bertz CT molecular complexity index is 507. The number of carbonyl (C=O) groups is 1. The number of nitrogens with two attached hydrogens (primary N) is 1. The van der Waals surface area contributed by atoms with Gasteiger partial charge in [-0.3, -0.25) is 4.79 Å². The molecule has 3 N–H and O–H groups in total. The predicted molar refractivity (Wildman–Crippen MR) is 80.7 cm³/mol. The number of anilines is 1. The summed E-state index contributed by atoms with van der Waals surface area (Å²) >= 11 is 0. The summed E-state index contributed by atoms with van der Waals surface area (Å²) in [6.45, 7) is 0.588. The van der Waals surface area contributed by atoms with Gasteiger partial charge in [-0.15, -0.1) is 0 Å². The SMILES string of the molecule is N#CCOc1ccc(NC(=O)C2CCCCC2CN)cc1. The van der Waals surface area contributed by atoms with Gasteiger partial charge in [-0.2, -0.15) is 5.26 Å². The Morgan fingerprint density at radius 2 is 2.05 bits per heavy atom. The van der Waals surface area contributed by atoms with E-state index in [1.807, 2.05) is 6.07 Å². The minimum atomic E-state index is 0.0123. The molecule has 1 aromatic rings. The summed E-state index contributed by atoms with van der Waals surface area (Å²) in [5.74, 6) is 0.971. The van der Waals surface area contributed by atoms with Gasteiger partial charge in [0.25, 0.3) is 0 Å². The zero-order chi connectivity index (χ0) is 15.1. The minimum Gasteiger partial charge on any atom is -0.479 e. The molecular formula is C16H21N3O2. The molecular weight excluding hydrogens is 266 g/mol. The van der Waals surface area contributed by atoms with Crippen molar-refractivity contribution in [2.24, 2.45) is 17.6 Å². The quantitative estimate of drug-likeness (QED) is 0.869. The summed E-state index contributed by atoms with van der Waals surface area (Å²) in [6, 6.07) is 8.97. The van der Waals surface area contributed by atoms with Gasteiger partial charge in [-0.1, -0.05) is 12.8 Å². The van der Waals surface area contributed by atoms with Crippen LogP contribution in [0.2, 0.25) is 0 Å². The lowest BCUT2D eigenvalue weighted by atomic mass is 9.78. The summed E-state index contributed by atoms with van der Waals surface area (Å²) < 4.78 is 5.18. The first kappa shape index (κ1) is 15.3. The van der Waals surface area contributed by atoms with Crippen molar-refractivity contribution in [3.63, 3.8) is 0 Å². The molecule has 0 aromatic heterocycles. The molecule has 5 heteroatoms. The van der Waals surface area contributed by atoms with Crippen LogP contribution in [0.25, 0.3) is 0 Å². The van der Waals surface area contributed by atoms with Crippen LogP contribution in [-0.4, -0.2) is 19.1 Å². The highest BCUT2D eigenvalue weighted by Gasteiger charge is 2.29. The van der Waals surface area contributed by atoms with Gasteiger partial charge in [-0.25, -0.2) is 0 Å². The van der Waals surface area contributed by atoms with Gasteiger partial charge in [-0.05, 0) is 49.6 Å². The molecule has 112 valence electrons. The minimum absolute atomic E-state index is 0.0123. The number of nitrogens with one attached hydrogen (secondary N) is 1. The zero-order valence-electron chi connectivity index (χ0n) is 12.0. The third kappa shape index (κ3) is 4.20. The predicted octanol–water partition coefficient (Wildman–Crippen LogP) is 2.29. The highest BCUT2D eigenvalue weighted by atomic mass is 16.5. The molecule has 0 radical (unpaired) electrons. The Kier molecular flexibility index (Phi) is 5.59. The molecule has 0 saturated heterocycles. The van der Waals surface area contributed by atoms with Gasteiger partial charge >= 0.3 is 0 Å². The van der Waals surface area contributed by atoms with Crippen LogP contribution in [0.1, 0.15) is 25.7 Å². The molecule has 0 bridgehead atoms. The fourth-order valence-corrected chi connectivity index (χ4v) is 2.82. The zero-order valence-corrected chi connectivity index (χ0v) is 12.0. The third-order valence-electron chi connectivity index (χ3n) is 3.97. The average Bonchev–Trinajstić information content (AvgIpc) is 2.54. The van der Waals surface area contributed by atoms with Crippen molar-refractivity contribution in [3.8, 4) is 11.8 Å². The van der Waals surface area contributed by atoms with Crippen LogP contribution in [0.15, 0.2) is 24.3 Å². The van der Waals surface area contributed by atoms with Crippen LogP contribution in [-0.2, 0) is 4.79 Å². The Morgan fingerprint density at radius 1 is 1.33 bits per heavy atom. The van der Waals surface area contributed by atoms with Crippen LogP contribution in [0.5, 0.6) is 5.75 Å². The van der Waals surface area contributed by atoms with Crippen molar-refractivity contribution in [3.05, 3.63) is 24.3 Å². The maximum absolute atomic E-state index is 12.4. The average molecular weight is 287 g/mol. The number of benzene rings is 1. The molecule has 5 nitrogen and oxygen atoms in total. The number of carbonyl (C=O) groups excluding carboxylic acids is 1. The Balaban J connectivity index is 1.94. The summed E-state index contributed by atoms with van der Waals surface area (Å²) in [5, 5.41) is 11.4. The number of ether oxygens (including phenoxy) is 1. The second-order valence-corrected chi connectivity index (χ2v) is 5.35. The highest BCUT2D eigenvalue weighted by molar-refractivity contribution is 5.92. The molecule has 1 aliphatic rings. The van der Waals surface area contributed by atoms with Gasteiger partial charge in [0, 0.05) is 11.6 Å². The Hall–Kier alpha value is -2.06. The normalized spacial score (nSPS) is 21.3. The smallest absolute Gasteiger partial charge is 0.227 e. The molecule has 0 heterocycles. The molecule has 1 saturated carbocycles. The second-order valence-electron chi connectivity index (χ2n) is 5.35. The second kappa shape index (κ2) is 7.65. The van der Waals surface area contributed by atoms with Crippen molar-refractivity contribution >= 4 is 11.6 Å². The van der Waals surface area contributed by atoms with Gasteiger partial charge in [0.2, 0.25) is 5.91 Å². The van der Waals surface area contributed by atoms with Crippen LogP contribution in [0, 0.1) is 23.2 Å². The van der Waals surface area contributed by atoms with E-state index < -0.39 is 0 Å². The molecule has 1 amide bonds. The van der Waals surface area contributed by atoms with Crippen molar-refractivity contribution in [1.29, 1.82) is 5.26 Å². The fraction of sp³-hybridized carbons (Fsp3) is 0.500. The standard InChI is InChI=1S/C16H21N3O2/c17-9-10-21-14-7-5-13(6-8-14)19-16(20)15-4-2-1-3-12(15)11-18/h5-8,12,15H,1-4,10-11,18H2,(H,19,20). The highest BCUT2D eigenvalue weighted by Crippen LogP contribution is 2.30. The van der Waals surface area contributed by atoms with E-state index in [4.69, 9.17) is 15.7 Å².